The molecule has 1 aromatic heterocycles. The normalized spacial score (nSPS) is 17.0. The molecule has 1 saturated heterocycles. The molecule has 1 atom stereocenters. The van der Waals surface area contributed by atoms with Gasteiger partial charge in [0.05, 0.1) is 10.9 Å². The molecule has 27 heavy (non-hydrogen) atoms. The lowest BCUT2D eigenvalue weighted by atomic mass is 10.1. The Kier molecular flexibility index (Phi) is 4.61. The molecule has 0 spiro atoms. The summed E-state index contributed by atoms with van der Waals surface area (Å²) in [5.41, 5.74) is 2.23. The maximum atomic E-state index is 13.3. The zero-order valence-electron chi connectivity index (χ0n) is 14.2. The smallest absolute Gasteiger partial charge is 0.232 e. The molecule has 4 rings (SSSR count). The van der Waals surface area contributed by atoms with E-state index in [9.17, 15) is 9.18 Å². The molecule has 3 aromatic rings. The predicted octanol–water partition coefficient (Wildman–Crippen LogP) is 5.01. The quantitative estimate of drug-likeness (QED) is 0.614. The highest BCUT2D eigenvalue weighted by Crippen LogP contribution is 2.33. The molecule has 2 heterocycles. The number of benzene rings is 2. The molecule has 1 aliphatic rings. The van der Waals surface area contributed by atoms with Gasteiger partial charge in [-0.05, 0) is 42.8 Å². The molecule has 1 unspecified atom stereocenters. The molecular formula is C19H14Cl2FN3O2. The van der Waals surface area contributed by atoms with Gasteiger partial charge < -0.3 is 9.42 Å². The monoisotopic (exact) mass is 405 g/mol. The van der Waals surface area contributed by atoms with Crippen molar-refractivity contribution in [2.75, 3.05) is 11.4 Å². The fraction of sp³-hybridized carbons (Fsp3) is 0.211. The third kappa shape index (κ3) is 3.42. The summed E-state index contributed by atoms with van der Waals surface area (Å²) in [6.45, 7) is 2.33. The van der Waals surface area contributed by atoms with Crippen LogP contribution in [-0.2, 0) is 4.79 Å². The lowest BCUT2D eigenvalue weighted by Gasteiger charge is -2.17. The molecule has 0 radical (unpaired) electrons. The summed E-state index contributed by atoms with van der Waals surface area (Å²) in [7, 11) is 0. The van der Waals surface area contributed by atoms with Crippen LogP contribution in [0.1, 0.15) is 23.8 Å². The number of rotatable bonds is 3. The Morgan fingerprint density at radius 1 is 1.19 bits per heavy atom. The van der Waals surface area contributed by atoms with Crippen molar-refractivity contribution in [1.82, 2.24) is 10.1 Å². The standard InChI is InChI=1S/C19H14Cl2FN3O2/c1-10-2-4-13(8-14(10)20)25-9-12(7-17(25)26)19-23-18(24-27-19)11-3-5-16(22)15(21)6-11/h2-6,8,12H,7,9H2,1H3. The summed E-state index contributed by atoms with van der Waals surface area (Å²) in [5.74, 6) is -0.118. The SMILES string of the molecule is Cc1ccc(N2CC(c3nc(-c4ccc(F)c(Cl)c4)no3)CC2=O)cc1Cl. The van der Waals surface area contributed by atoms with E-state index in [1.54, 1.807) is 11.0 Å². The molecule has 0 bridgehead atoms. The zero-order valence-corrected chi connectivity index (χ0v) is 15.8. The van der Waals surface area contributed by atoms with Crippen molar-refractivity contribution >= 4 is 34.8 Å². The summed E-state index contributed by atoms with van der Waals surface area (Å²) in [4.78, 5) is 18.5. The lowest BCUT2D eigenvalue weighted by molar-refractivity contribution is -0.117. The summed E-state index contributed by atoms with van der Waals surface area (Å²) >= 11 is 12.0. The van der Waals surface area contributed by atoms with E-state index in [1.165, 1.54) is 18.2 Å². The van der Waals surface area contributed by atoms with E-state index in [1.807, 2.05) is 19.1 Å². The molecular weight excluding hydrogens is 392 g/mol. The van der Waals surface area contributed by atoms with Crippen LogP contribution in [0.2, 0.25) is 10.0 Å². The Bertz CT molecular complexity index is 1040. The van der Waals surface area contributed by atoms with Crippen LogP contribution in [0.5, 0.6) is 0 Å². The van der Waals surface area contributed by atoms with Crippen LogP contribution < -0.4 is 4.90 Å². The van der Waals surface area contributed by atoms with Crippen LogP contribution in [0.3, 0.4) is 0 Å². The van der Waals surface area contributed by atoms with Crippen molar-refractivity contribution in [2.45, 2.75) is 19.3 Å². The van der Waals surface area contributed by atoms with Crippen molar-refractivity contribution in [3.63, 3.8) is 0 Å². The molecule has 1 amide bonds. The van der Waals surface area contributed by atoms with Gasteiger partial charge in [-0.3, -0.25) is 4.79 Å². The van der Waals surface area contributed by atoms with Gasteiger partial charge in [0.1, 0.15) is 5.82 Å². The number of hydrogen-bond donors (Lipinski definition) is 0. The Labute approximate surface area is 164 Å². The van der Waals surface area contributed by atoms with Gasteiger partial charge in [-0.15, -0.1) is 0 Å². The average Bonchev–Trinajstić information content (AvgIpc) is 3.27. The minimum absolute atomic E-state index is 0.0164. The van der Waals surface area contributed by atoms with E-state index in [2.05, 4.69) is 10.1 Å². The Morgan fingerprint density at radius 3 is 2.74 bits per heavy atom. The molecule has 0 saturated carbocycles. The summed E-state index contributed by atoms with van der Waals surface area (Å²) in [6, 6.07) is 9.72. The van der Waals surface area contributed by atoms with Crippen molar-refractivity contribution in [2.24, 2.45) is 0 Å². The van der Waals surface area contributed by atoms with Gasteiger partial charge in [0.25, 0.3) is 0 Å². The molecule has 138 valence electrons. The highest BCUT2D eigenvalue weighted by Gasteiger charge is 2.35. The second kappa shape index (κ2) is 6.94. The van der Waals surface area contributed by atoms with Crippen molar-refractivity contribution < 1.29 is 13.7 Å². The van der Waals surface area contributed by atoms with Gasteiger partial charge in [-0.2, -0.15) is 4.98 Å². The van der Waals surface area contributed by atoms with Crippen molar-refractivity contribution in [3.8, 4) is 11.4 Å². The van der Waals surface area contributed by atoms with Crippen LogP contribution >= 0.6 is 23.2 Å². The molecule has 5 nitrogen and oxygen atoms in total. The van der Waals surface area contributed by atoms with E-state index in [0.717, 1.165) is 11.3 Å². The number of halogens is 3. The number of aromatic nitrogens is 2. The fourth-order valence-electron chi connectivity index (χ4n) is 3.03. The molecule has 0 N–H and O–H groups in total. The number of carbonyl (C=O) groups is 1. The lowest BCUT2D eigenvalue weighted by Crippen LogP contribution is -2.24. The number of anilines is 1. The number of carbonyl (C=O) groups excluding carboxylic acids is 1. The third-order valence-electron chi connectivity index (χ3n) is 4.56. The van der Waals surface area contributed by atoms with E-state index in [-0.39, 0.29) is 23.3 Å². The van der Waals surface area contributed by atoms with E-state index in [0.29, 0.717) is 28.8 Å². The Morgan fingerprint density at radius 2 is 2.00 bits per heavy atom. The Balaban J connectivity index is 1.56. The first kappa shape index (κ1) is 17.9. The molecule has 8 heteroatoms. The van der Waals surface area contributed by atoms with Gasteiger partial charge in [0.2, 0.25) is 17.6 Å². The van der Waals surface area contributed by atoms with E-state index >= 15 is 0 Å². The molecule has 2 aromatic carbocycles. The largest absolute Gasteiger partial charge is 0.339 e. The second-order valence-electron chi connectivity index (χ2n) is 6.42. The minimum Gasteiger partial charge on any atom is -0.339 e. The first-order valence-corrected chi connectivity index (χ1v) is 9.03. The van der Waals surface area contributed by atoms with Crippen LogP contribution in [0.25, 0.3) is 11.4 Å². The average molecular weight is 406 g/mol. The summed E-state index contributed by atoms with van der Waals surface area (Å²) < 4.78 is 18.7. The van der Waals surface area contributed by atoms with Gasteiger partial charge in [-0.1, -0.05) is 34.4 Å². The molecule has 0 aliphatic carbocycles. The zero-order chi connectivity index (χ0) is 19.1. The first-order chi connectivity index (χ1) is 12.9. The van der Waals surface area contributed by atoms with E-state index < -0.39 is 5.82 Å². The van der Waals surface area contributed by atoms with Gasteiger partial charge in [-0.25, -0.2) is 4.39 Å². The van der Waals surface area contributed by atoms with Crippen LogP contribution in [0.4, 0.5) is 10.1 Å². The predicted molar refractivity (Wildman–Crippen MR) is 101 cm³/mol. The highest BCUT2D eigenvalue weighted by molar-refractivity contribution is 6.31. The number of amides is 1. The van der Waals surface area contributed by atoms with E-state index in [4.69, 9.17) is 27.7 Å². The number of hydrogen-bond acceptors (Lipinski definition) is 4. The third-order valence-corrected chi connectivity index (χ3v) is 5.26. The van der Waals surface area contributed by atoms with Gasteiger partial charge in [0, 0.05) is 29.2 Å². The van der Waals surface area contributed by atoms with Crippen LogP contribution in [0.15, 0.2) is 40.9 Å². The topological polar surface area (TPSA) is 59.2 Å². The molecule has 1 aliphatic heterocycles. The molecule has 1 fully saturated rings. The maximum absolute atomic E-state index is 13.3. The van der Waals surface area contributed by atoms with Gasteiger partial charge >= 0.3 is 0 Å². The van der Waals surface area contributed by atoms with Crippen molar-refractivity contribution in [1.29, 1.82) is 0 Å². The highest BCUT2D eigenvalue weighted by atomic mass is 35.5. The van der Waals surface area contributed by atoms with Crippen molar-refractivity contribution in [3.05, 3.63) is 63.7 Å². The number of nitrogens with zero attached hydrogens (tertiary/aromatic N) is 3. The second-order valence-corrected chi connectivity index (χ2v) is 7.24. The van der Waals surface area contributed by atoms with Crippen LogP contribution in [0, 0.1) is 12.7 Å². The van der Waals surface area contributed by atoms with Crippen LogP contribution in [-0.4, -0.2) is 22.6 Å². The van der Waals surface area contributed by atoms with Gasteiger partial charge in [0.15, 0.2) is 0 Å². The fourth-order valence-corrected chi connectivity index (χ4v) is 3.38. The minimum atomic E-state index is -0.516. The Hall–Kier alpha value is -2.44. The maximum Gasteiger partial charge on any atom is 0.232 e. The summed E-state index contributed by atoms with van der Waals surface area (Å²) in [6.07, 6.45) is 0.261. The first-order valence-electron chi connectivity index (χ1n) is 8.28. The number of aryl methyl sites for hydroxylation is 1. The summed E-state index contributed by atoms with van der Waals surface area (Å²) in [5, 5.41) is 4.52.